The summed E-state index contributed by atoms with van der Waals surface area (Å²) in [6.07, 6.45) is 2.03. The lowest BCUT2D eigenvalue weighted by molar-refractivity contribution is -0.122. The van der Waals surface area contributed by atoms with E-state index in [0.717, 1.165) is 12.8 Å². The van der Waals surface area contributed by atoms with Gasteiger partial charge < -0.3 is 5.32 Å². The zero-order valence-corrected chi connectivity index (χ0v) is 13.3. The third kappa shape index (κ3) is 4.04. The Labute approximate surface area is 142 Å². The van der Waals surface area contributed by atoms with E-state index in [2.05, 4.69) is 21.9 Å². The van der Waals surface area contributed by atoms with Crippen molar-refractivity contribution in [2.24, 2.45) is 5.92 Å². The molecule has 0 aromatic carbocycles. The van der Waals surface area contributed by atoms with E-state index in [1.807, 2.05) is 0 Å². The number of aromatic nitrogens is 2. The normalized spacial score (nSPS) is 14.8. The molecule has 1 N–H and O–H groups in total. The Morgan fingerprint density at radius 2 is 2.16 bits per heavy atom. The van der Waals surface area contributed by atoms with Crippen LogP contribution in [0.1, 0.15) is 24.2 Å². The molecule has 3 rings (SSSR count). The molecule has 0 saturated heterocycles. The summed E-state index contributed by atoms with van der Waals surface area (Å²) in [7, 11) is 0. The topological polar surface area (TPSA) is 54.9 Å². The van der Waals surface area contributed by atoms with E-state index >= 15 is 0 Å². The van der Waals surface area contributed by atoms with Crippen LogP contribution in [-0.2, 0) is 4.79 Å². The summed E-state index contributed by atoms with van der Waals surface area (Å²) >= 11 is 0. The molecule has 25 heavy (non-hydrogen) atoms. The van der Waals surface area contributed by atoms with Gasteiger partial charge in [0.25, 0.3) is 0 Å². The van der Waals surface area contributed by atoms with Crippen LogP contribution >= 0.6 is 0 Å². The number of carbonyl (C=O) groups excluding carboxylic acids is 1. The molecular formula is C18H16F3N3O. The number of carbonyl (C=O) groups is 1. The monoisotopic (exact) mass is 347 g/mol. The minimum atomic E-state index is -4.55. The molecule has 2 heterocycles. The second-order valence-corrected chi connectivity index (χ2v) is 5.87. The molecule has 0 bridgehead atoms. The van der Waals surface area contributed by atoms with Gasteiger partial charge in [-0.2, -0.15) is 13.2 Å². The molecule has 1 saturated carbocycles. The van der Waals surface area contributed by atoms with Crippen molar-refractivity contribution in [2.45, 2.75) is 19.0 Å². The van der Waals surface area contributed by atoms with Crippen molar-refractivity contribution in [3.63, 3.8) is 0 Å². The molecule has 1 fully saturated rings. The van der Waals surface area contributed by atoms with Crippen LogP contribution in [0.15, 0.2) is 37.1 Å². The molecule has 2 aromatic rings. The van der Waals surface area contributed by atoms with E-state index in [1.165, 1.54) is 6.07 Å². The van der Waals surface area contributed by atoms with Gasteiger partial charge in [-0.3, -0.25) is 9.78 Å². The fourth-order valence-electron chi connectivity index (χ4n) is 2.35. The number of amides is 1. The van der Waals surface area contributed by atoms with Crippen LogP contribution in [0.3, 0.4) is 0 Å². The van der Waals surface area contributed by atoms with E-state index in [1.54, 1.807) is 30.5 Å². The average molecular weight is 347 g/mol. The number of halogens is 3. The van der Waals surface area contributed by atoms with Crippen LogP contribution in [0.4, 0.5) is 13.2 Å². The van der Waals surface area contributed by atoms with Crippen LogP contribution in [0, 0.1) is 5.92 Å². The standard InChI is InChI=1S/C18H16F3N3O/c1-11(18(19,20)21)15-10-13-4-2-8-22-16(13)14(24-15)5-3-9-23-17(25)12-6-7-12/h2-5,8,10,12H,1,6-7,9H2,(H,23,25)/b5-3+. The highest BCUT2D eigenvalue weighted by molar-refractivity contribution is 5.88. The van der Waals surface area contributed by atoms with Gasteiger partial charge in [0, 0.05) is 24.0 Å². The zero-order chi connectivity index (χ0) is 18.0. The Morgan fingerprint density at radius 1 is 1.40 bits per heavy atom. The summed E-state index contributed by atoms with van der Waals surface area (Å²) in [5, 5.41) is 3.29. The number of hydrogen-bond acceptors (Lipinski definition) is 3. The Morgan fingerprint density at radius 3 is 2.84 bits per heavy atom. The molecule has 0 spiro atoms. The summed E-state index contributed by atoms with van der Waals surface area (Å²) in [5.41, 5.74) is -0.449. The van der Waals surface area contributed by atoms with Gasteiger partial charge in [-0.15, -0.1) is 0 Å². The van der Waals surface area contributed by atoms with Crippen LogP contribution < -0.4 is 5.32 Å². The first kappa shape index (κ1) is 17.1. The van der Waals surface area contributed by atoms with Crippen molar-refractivity contribution in [1.82, 2.24) is 15.3 Å². The van der Waals surface area contributed by atoms with Crippen LogP contribution in [0.2, 0.25) is 0 Å². The SMILES string of the molecule is C=C(c1cc2cccnc2c(/C=C/CNC(=O)C2CC2)n1)C(F)(F)F. The molecule has 0 radical (unpaired) electrons. The first-order valence-corrected chi connectivity index (χ1v) is 7.83. The molecule has 0 aliphatic heterocycles. The van der Waals surface area contributed by atoms with Crippen molar-refractivity contribution >= 4 is 28.5 Å². The minimum Gasteiger partial charge on any atom is -0.352 e. The number of alkyl halides is 3. The third-order valence-electron chi connectivity index (χ3n) is 3.88. The zero-order valence-electron chi connectivity index (χ0n) is 13.3. The molecule has 130 valence electrons. The first-order valence-electron chi connectivity index (χ1n) is 7.83. The van der Waals surface area contributed by atoms with Gasteiger partial charge in [0.05, 0.1) is 22.5 Å². The minimum absolute atomic E-state index is 0.000192. The maximum Gasteiger partial charge on any atom is 0.417 e. The lowest BCUT2D eigenvalue weighted by atomic mass is 10.1. The summed E-state index contributed by atoms with van der Waals surface area (Å²) in [6.45, 7) is 3.39. The van der Waals surface area contributed by atoms with E-state index < -0.39 is 11.7 Å². The summed E-state index contributed by atoms with van der Waals surface area (Å²) in [4.78, 5) is 19.8. The van der Waals surface area contributed by atoms with E-state index in [0.29, 0.717) is 16.6 Å². The summed E-state index contributed by atoms with van der Waals surface area (Å²) in [5.74, 6) is 0.104. The quantitative estimate of drug-likeness (QED) is 0.896. The van der Waals surface area contributed by atoms with Crippen molar-refractivity contribution in [1.29, 1.82) is 0 Å². The average Bonchev–Trinajstić information content (AvgIpc) is 3.41. The van der Waals surface area contributed by atoms with Gasteiger partial charge in [-0.1, -0.05) is 18.7 Å². The second kappa shape index (κ2) is 6.66. The largest absolute Gasteiger partial charge is 0.417 e. The smallest absolute Gasteiger partial charge is 0.352 e. The predicted molar refractivity (Wildman–Crippen MR) is 89.4 cm³/mol. The molecule has 2 aromatic heterocycles. The maximum atomic E-state index is 12.9. The van der Waals surface area contributed by atoms with Crippen molar-refractivity contribution in [3.05, 3.63) is 48.4 Å². The van der Waals surface area contributed by atoms with Gasteiger partial charge >= 0.3 is 6.18 Å². The Kier molecular flexibility index (Phi) is 4.57. The van der Waals surface area contributed by atoms with Crippen LogP contribution in [0.5, 0.6) is 0 Å². The third-order valence-corrected chi connectivity index (χ3v) is 3.88. The first-order chi connectivity index (χ1) is 11.9. The van der Waals surface area contributed by atoms with E-state index in [9.17, 15) is 18.0 Å². The van der Waals surface area contributed by atoms with E-state index in [-0.39, 0.29) is 24.1 Å². The van der Waals surface area contributed by atoms with Crippen LogP contribution in [0.25, 0.3) is 22.6 Å². The number of nitrogens with zero attached hydrogens (tertiary/aromatic N) is 2. The molecule has 4 nitrogen and oxygen atoms in total. The van der Waals surface area contributed by atoms with Gasteiger partial charge in [-0.05, 0) is 31.1 Å². The molecule has 0 unspecified atom stereocenters. The second-order valence-electron chi connectivity index (χ2n) is 5.87. The van der Waals surface area contributed by atoms with Gasteiger partial charge in [0.2, 0.25) is 5.91 Å². The molecule has 1 aliphatic carbocycles. The molecule has 1 aliphatic rings. The number of pyridine rings is 2. The molecule has 0 atom stereocenters. The van der Waals surface area contributed by atoms with Gasteiger partial charge in [0.1, 0.15) is 0 Å². The number of nitrogens with one attached hydrogen (secondary N) is 1. The summed E-state index contributed by atoms with van der Waals surface area (Å²) < 4.78 is 38.8. The van der Waals surface area contributed by atoms with Crippen molar-refractivity contribution in [3.8, 4) is 0 Å². The van der Waals surface area contributed by atoms with Crippen molar-refractivity contribution < 1.29 is 18.0 Å². The van der Waals surface area contributed by atoms with Gasteiger partial charge in [0.15, 0.2) is 0 Å². The Bertz CT molecular complexity index is 854. The lowest BCUT2D eigenvalue weighted by Gasteiger charge is -2.11. The molecule has 1 amide bonds. The summed E-state index contributed by atoms with van der Waals surface area (Å²) in [6, 6.07) is 4.64. The number of fused-ring (bicyclic) bond motifs is 1. The van der Waals surface area contributed by atoms with Crippen molar-refractivity contribution in [2.75, 3.05) is 6.54 Å². The Balaban J connectivity index is 1.86. The Hall–Kier alpha value is -2.70. The fourth-order valence-corrected chi connectivity index (χ4v) is 2.35. The number of rotatable bonds is 5. The lowest BCUT2D eigenvalue weighted by Crippen LogP contribution is -2.24. The molecular weight excluding hydrogens is 331 g/mol. The fraction of sp³-hybridized carbons (Fsp3) is 0.278. The van der Waals surface area contributed by atoms with Crippen LogP contribution in [-0.4, -0.2) is 28.6 Å². The maximum absolute atomic E-state index is 12.9. The number of allylic oxidation sites excluding steroid dienone is 1. The highest BCUT2D eigenvalue weighted by Crippen LogP contribution is 2.33. The molecule has 7 heteroatoms. The highest BCUT2D eigenvalue weighted by atomic mass is 19.4. The number of hydrogen-bond donors (Lipinski definition) is 1. The van der Waals surface area contributed by atoms with E-state index in [4.69, 9.17) is 0 Å². The predicted octanol–water partition coefficient (Wildman–Crippen LogP) is 3.74. The van der Waals surface area contributed by atoms with Gasteiger partial charge in [-0.25, -0.2) is 4.98 Å². The highest BCUT2D eigenvalue weighted by Gasteiger charge is 2.34.